The van der Waals surface area contributed by atoms with E-state index in [2.05, 4.69) is 18.8 Å². The van der Waals surface area contributed by atoms with Gasteiger partial charge in [-0.2, -0.15) is 0 Å². The number of ether oxygens (including phenoxy) is 1. The van der Waals surface area contributed by atoms with E-state index in [1.54, 1.807) is 0 Å². The minimum Gasteiger partial charge on any atom is -0.481 e. The van der Waals surface area contributed by atoms with Gasteiger partial charge in [0.05, 0.1) is 6.10 Å². The van der Waals surface area contributed by atoms with E-state index in [0.717, 1.165) is 12.8 Å². The van der Waals surface area contributed by atoms with Crippen molar-refractivity contribution in [3.05, 3.63) is 0 Å². The molecular weight excluding hydrogens is 288 g/mol. The van der Waals surface area contributed by atoms with Gasteiger partial charge < -0.3 is 9.84 Å². The molecule has 0 bridgehead atoms. The van der Waals surface area contributed by atoms with Gasteiger partial charge in [0.1, 0.15) is 6.10 Å². The molecule has 1 fully saturated rings. The molecule has 132 valence electrons. The van der Waals surface area contributed by atoms with Crippen LogP contribution in [0.15, 0.2) is 0 Å². The highest BCUT2D eigenvalue weighted by molar-refractivity contribution is 5.66. The molecule has 1 aliphatic rings. The molecule has 0 amide bonds. The summed E-state index contributed by atoms with van der Waals surface area (Å²) in [6, 6.07) is 0. The minimum absolute atomic E-state index is 0.0758. The molecule has 0 radical (unpaired) electrons. The molecule has 1 heterocycles. The van der Waals surface area contributed by atoms with Crippen LogP contribution < -0.4 is 0 Å². The lowest BCUT2D eigenvalue weighted by Crippen LogP contribution is -1.97. The molecule has 0 aromatic rings. The summed E-state index contributed by atoms with van der Waals surface area (Å²) in [7, 11) is 0. The third-order valence-electron chi connectivity index (χ3n) is 4.36. The van der Waals surface area contributed by atoms with Crippen LogP contribution in [0.5, 0.6) is 0 Å². The second kappa shape index (κ2) is 13.4. The number of carboxylic acid groups (broad SMARTS) is 1. The van der Waals surface area contributed by atoms with Crippen LogP contribution >= 0.6 is 0 Å². The van der Waals surface area contributed by atoms with Crippen LogP contribution in [0.4, 0.5) is 0 Å². The third-order valence-corrected chi connectivity index (χ3v) is 4.36. The molecule has 1 saturated heterocycles. The molecule has 2 atom stereocenters. The summed E-state index contributed by atoms with van der Waals surface area (Å²) >= 11 is 0. The Bertz CT molecular complexity index is 367. The van der Waals surface area contributed by atoms with Crippen molar-refractivity contribution in [1.82, 2.24) is 0 Å². The first kappa shape index (κ1) is 20.0. The molecule has 1 aliphatic heterocycles. The molecule has 0 aromatic heterocycles. The van der Waals surface area contributed by atoms with E-state index >= 15 is 0 Å². The Labute approximate surface area is 142 Å². The lowest BCUT2D eigenvalue weighted by atomic mass is 10.1. The predicted octanol–water partition coefficient (Wildman–Crippen LogP) is 5.32. The molecule has 0 unspecified atom stereocenters. The molecule has 0 spiro atoms. The van der Waals surface area contributed by atoms with Gasteiger partial charge in [0.15, 0.2) is 0 Å². The first-order chi connectivity index (χ1) is 11.2. The molecule has 1 N–H and O–H groups in total. The summed E-state index contributed by atoms with van der Waals surface area (Å²) in [5, 5.41) is 8.57. The van der Waals surface area contributed by atoms with Gasteiger partial charge in [0.2, 0.25) is 0 Å². The second-order valence-electron chi connectivity index (χ2n) is 6.63. The van der Waals surface area contributed by atoms with Crippen LogP contribution in [0, 0.1) is 11.8 Å². The zero-order valence-corrected chi connectivity index (χ0v) is 14.8. The fraction of sp³-hybridized carbons (Fsp3) is 0.850. The van der Waals surface area contributed by atoms with Crippen molar-refractivity contribution in [2.24, 2.45) is 0 Å². The van der Waals surface area contributed by atoms with Crippen LogP contribution in [0.1, 0.15) is 96.8 Å². The average Bonchev–Trinajstić information content (AvgIpc) is 3.26. The number of hydrogen-bond donors (Lipinski definition) is 1. The van der Waals surface area contributed by atoms with Crippen LogP contribution in [0.25, 0.3) is 0 Å². The Morgan fingerprint density at radius 2 is 1.57 bits per heavy atom. The maximum absolute atomic E-state index is 10.4. The van der Waals surface area contributed by atoms with Gasteiger partial charge in [-0.3, -0.25) is 4.79 Å². The summed E-state index contributed by atoms with van der Waals surface area (Å²) in [5.74, 6) is 5.64. The number of hydrogen-bond acceptors (Lipinski definition) is 2. The van der Waals surface area contributed by atoms with Crippen molar-refractivity contribution in [2.45, 2.75) is 109 Å². The predicted molar refractivity (Wildman–Crippen MR) is 94.4 cm³/mol. The average molecular weight is 322 g/mol. The van der Waals surface area contributed by atoms with E-state index in [1.807, 2.05) is 0 Å². The molecule has 0 aromatic carbocycles. The quantitative estimate of drug-likeness (QED) is 0.267. The van der Waals surface area contributed by atoms with Crippen molar-refractivity contribution in [3.8, 4) is 11.8 Å². The number of rotatable bonds is 14. The Balaban J connectivity index is 1.81. The standard InChI is InChI=1S/C20H34O3/c1-2-3-4-5-6-7-8-9-10-11-12-13-15-18-19(23-18)16-14-17-20(21)22/h18-19H,2-12,14,16-17H2,1H3,(H,21,22)/t18-,19+/m1/s1. The van der Waals surface area contributed by atoms with E-state index in [-0.39, 0.29) is 18.6 Å². The van der Waals surface area contributed by atoms with Crippen LogP contribution in [-0.4, -0.2) is 23.3 Å². The van der Waals surface area contributed by atoms with Gasteiger partial charge in [-0.1, -0.05) is 70.6 Å². The van der Waals surface area contributed by atoms with Crippen LogP contribution in [0.2, 0.25) is 0 Å². The molecule has 3 heteroatoms. The van der Waals surface area contributed by atoms with Crippen molar-refractivity contribution in [1.29, 1.82) is 0 Å². The van der Waals surface area contributed by atoms with Crippen LogP contribution in [0.3, 0.4) is 0 Å². The highest BCUT2D eigenvalue weighted by atomic mass is 16.6. The van der Waals surface area contributed by atoms with Crippen molar-refractivity contribution in [2.75, 3.05) is 0 Å². The van der Waals surface area contributed by atoms with E-state index in [4.69, 9.17) is 9.84 Å². The highest BCUT2D eigenvalue weighted by Gasteiger charge is 2.36. The Hall–Kier alpha value is -1.01. The number of epoxide rings is 1. The third kappa shape index (κ3) is 12.1. The van der Waals surface area contributed by atoms with Crippen molar-refractivity contribution < 1.29 is 14.6 Å². The monoisotopic (exact) mass is 322 g/mol. The smallest absolute Gasteiger partial charge is 0.303 e. The molecule has 0 saturated carbocycles. The number of carbonyl (C=O) groups is 1. The Morgan fingerprint density at radius 3 is 2.17 bits per heavy atom. The second-order valence-corrected chi connectivity index (χ2v) is 6.63. The lowest BCUT2D eigenvalue weighted by molar-refractivity contribution is -0.137. The zero-order chi connectivity index (χ0) is 16.8. The SMILES string of the molecule is CCCCCCCCCCCCC#C[C@H]1O[C@H]1CCCC(=O)O. The fourth-order valence-electron chi connectivity index (χ4n) is 2.82. The molecule has 23 heavy (non-hydrogen) atoms. The zero-order valence-electron chi connectivity index (χ0n) is 14.8. The van der Waals surface area contributed by atoms with Gasteiger partial charge in [-0.25, -0.2) is 0 Å². The number of unbranched alkanes of at least 4 members (excludes halogenated alkanes) is 10. The minimum atomic E-state index is -0.728. The van der Waals surface area contributed by atoms with Crippen molar-refractivity contribution in [3.63, 3.8) is 0 Å². The molecule has 0 aliphatic carbocycles. The van der Waals surface area contributed by atoms with E-state index in [9.17, 15) is 4.79 Å². The van der Waals surface area contributed by atoms with Crippen molar-refractivity contribution >= 4 is 5.97 Å². The highest BCUT2D eigenvalue weighted by Crippen LogP contribution is 2.26. The first-order valence-corrected chi connectivity index (χ1v) is 9.59. The Kier molecular flexibility index (Phi) is 11.7. The summed E-state index contributed by atoms with van der Waals surface area (Å²) in [5.41, 5.74) is 0. The molecule has 3 nitrogen and oxygen atoms in total. The number of aliphatic carboxylic acids is 1. The summed E-state index contributed by atoms with van der Waals surface area (Å²) in [4.78, 5) is 10.4. The van der Waals surface area contributed by atoms with Gasteiger partial charge in [-0.15, -0.1) is 5.92 Å². The lowest BCUT2D eigenvalue weighted by Gasteiger charge is -2.00. The van der Waals surface area contributed by atoms with Gasteiger partial charge in [-0.05, 0) is 19.3 Å². The van der Waals surface area contributed by atoms with E-state index in [1.165, 1.54) is 64.2 Å². The van der Waals surface area contributed by atoms with Gasteiger partial charge in [0, 0.05) is 12.8 Å². The number of carboxylic acids is 1. The fourth-order valence-corrected chi connectivity index (χ4v) is 2.82. The van der Waals surface area contributed by atoms with Gasteiger partial charge >= 0.3 is 5.97 Å². The summed E-state index contributed by atoms with van der Waals surface area (Å²) in [6.07, 6.45) is 16.5. The summed E-state index contributed by atoms with van der Waals surface area (Å²) < 4.78 is 5.43. The first-order valence-electron chi connectivity index (χ1n) is 9.59. The van der Waals surface area contributed by atoms with Crippen LogP contribution in [-0.2, 0) is 9.53 Å². The molecular formula is C20H34O3. The Morgan fingerprint density at radius 1 is 0.957 bits per heavy atom. The molecule has 1 rings (SSSR count). The largest absolute Gasteiger partial charge is 0.481 e. The topological polar surface area (TPSA) is 49.8 Å². The van der Waals surface area contributed by atoms with Gasteiger partial charge in [0.25, 0.3) is 0 Å². The van der Waals surface area contributed by atoms with E-state index in [0.29, 0.717) is 6.42 Å². The van der Waals surface area contributed by atoms with E-state index < -0.39 is 5.97 Å². The summed E-state index contributed by atoms with van der Waals surface area (Å²) in [6.45, 7) is 2.26. The maximum atomic E-state index is 10.4. The maximum Gasteiger partial charge on any atom is 0.303 e. The normalized spacial score (nSPS) is 19.2.